The average Bonchev–Trinajstić information content (AvgIpc) is 2.87. The second kappa shape index (κ2) is 5.54. The normalized spacial score (nSPS) is 10.7. The van der Waals surface area contributed by atoms with Crippen molar-refractivity contribution in [3.63, 3.8) is 0 Å². The highest BCUT2D eigenvalue weighted by Gasteiger charge is 2.10. The molecule has 1 heterocycles. The molecule has 0 saturated carbocycles. The molecule has 0 saturated heterocycles. The number of ether oxygens (including phenoxy) is 1. The van der Waals surface area contributed by atoms with Gasteiger partial charge in [0.25, 0.3) is 0 Å². The molecule has 0 aliphatic rings. The van der Waals surface area contributed by atoms with Crippen LogP contribution in [0.1, 0.15) is 10.4 Å². The fourth-order valence-corrected chi connectivity index (χ4v) is 3.11. The minimum absolute atomic E-state index is 0.104. The highest BCUT2D eigenvalue weighted by Crippen LogP contribution is 2.34. The first-order valence-corrected chi connectivity index (χ1v) is 7.11. The Bertz CT molecular complexity index is 810. The lowest BCUT2D eigenvalue weighted by molar-refractivity contribution is 0.112. The van der Waals surface area contributed by atoms with Gasteiger partial charge in [-0.1, -0.05) is 18.2 Å². The van der Waals surface area contributed by atoms with Crippen LogP contribution >= 0.6 is 11.9 Å². The summed E-state index contributed by atoms with van der Waals surface area (Å²) in [6.07, 6.45) is 2.67. The van der Waals surface area contributed by atoms with E-state index in [-0.39, 0.29) is 5.75 Å². The summed E-state index contributed by atoms with van der Waals surface area (Å²) in [6, 6.07) is 12.9. The van der Waals surface area contributed by atoms with Crippen molar-refractivity contribution >= 4 is 29.1 Å². The number of hydrogen-bond acceptors (Lipinski definition) is 4. The molecule has 0 bridgehead atoms. The first kappa shape index (κ1) is 13.6. The van der Waals surface area contributed by atoms with Crippen molar-refractivity contribution in [3.05, 3.63) is 54.2 Å². The van der Waals surface area contributed by atoms with E-state index in [9.17, 15) is 9.90 Å². The Balaban J connectivity index is 2.04. The zero-order valence-electron chi connectivity index (χ0n) is 11.3. The van der Waals surface area contributed by atoms with E-state index in [1.54, 1.807) is 18.2 Å². The lowest BCUT2D eigenvalue weighted by atomic mass is 10.2. The summed E-state index contributed by atoms with van der Waals surface area (Å²) in [7, 11) is 1.51. The molecule has 21 heavy (non-hydrogen) atoms. The number of aldehydes is 1. The molecular formula is C16H13NO3S. The molecular weight excluding hydrogens is 286 g/mol. The van der Waals surface area contributed by atoms with Crippen LogP contribution in [0, 0.1) is 0 Å². The van der Waals surface area contributed by atoms with Crippen molar-refractivity contribution in [3.8, 4) is 11.5 Å². The molecule has 1 N–H and O–H groups in total. The van der Waals surface area contributed by atoms with Gasteiger partial charge in [-0.25, -0.2) is 0 Å². The Kier molecular flexibility index (Phi) is 3.58. The third-order valence-electron chi connectivity index (χ3n) is 3.19. The first-order valence-electron chi connectivity index (χ1n) is 6.33. The molecule has 2 aromatic carbocycles. The highest BCUT2D eigenvalue weighted by molar-refractivity contribution is 7.98. The van der Waals surface area contributed by atoms with Crippen molar-refractivity contribution in [2.45, 2.75) is 4.90 Å². The number of benzene rings is 2. The number of fused-ring (bicyclic) bond motifs is 1. The summed E-state index contributed by atoms with van der Waals surface area (Å²) in [5.74, 6) is 0.528. The van der Waals surface area contributed by atoms with Crippen molar-refractivity contribution in [1.29, 1.82) is 0 Å². The van der Waals surface area contributed by atoms with Crippen LogP contribution in [0.25, 0.3) is 10.9 Å². The maximum atomic E-state index is 11.2. The van der Waals surface area contributed by atoms with Crippen LogP contribution in [-0.4, -0.2) is 22.5 Å². The number of phenols is 1. The third kappa shape index (κ3) is 2.48. The Morgan fingerprint density at radius 1 is 1.24 bits per heavy atom. The molecule has 0 aliphatic heterocycles. The molecule has 0 amide bonds. The molecule has 0 radical (unpaired) electrons. The van der Waals surface area contributed by atoms with Crippen LogP contribution in [0.4, 0.5) is 0 Å². The number of aromatic nitrogens is 1. The maximum Gasteiger partial charge on any atom is 0.161 e. The van der Waals surface area contributed by atoms with Crippen molar-refractivity contribution in [2.75, 3.05) is 7.11 Å². The molecule has 3 rings (SSSR count). The predicted octanol–water partition coefficient (Wildman–Crippen LogP) is 3.72. The molecule has 106 valence electrons. The number of para-hydroxylation sites is 1. The number of rotatable bonds is 4. The van der Waals surface area contributed by atoms with E-state index in [4.69, 9.17) is 4.74 Å². The Hall–Kier alpha value is -2.40. The van der Waals surface area contributed by atoms with E-state index in [1.807, 2.05) is 34.4 Å². The molecule has 0 spiro atoms. The molecule has 5 heteroatoms. The van der Waals surface area contributed by atoms with Gasteiger partial charge in [0.15, 0.2) is 17.8 Å². The SMILES string of the molecule is COc1cc(Sn2cc(C=O)c3ccccc32)ccc1O. The summed E-state index contributed by atoms with van der Waals surface area (Å²) in [6.45, 7) is 0. The average molecular weight is 299 g/mol. The fourth-order valence-electron chi connectivity index (χ4n) is 2.17. The largest absolute Gasteiger partial charge is 0.504 e. The highest BCUT2D eigenvalue weighted by atomic mass is 32.2. The van der Waals surface area contributed by atoms with Gasteiger partial charge in [-0.3, -0.25) is 8.77 Å². The topological polar surface area (TPSA) is 51.5 Å². The van der Waals surface area contributed by atoms with E-state index < -0.39 is 0 Å². The van der Waals surface area contributed by atoms with E-state index in [0.717, 1.165) is 22.1 Å². The molecule has 0 unspecified atom stereocenters. The minimum Gasteiger partial charge on any atom is -0.504 e. The van der Waals surface area contributed by atoms with Gasteiger partial charge in [0.2, 0.25) is 0 Å². The van der Waals surface area contributed by atoms with Crippen LogP contribution in [0.3, 0.4) is 0 Å². The van der Waals surface area contributed by atoms with Crippen molar-refractivity contribution < 1.29 is 14.6 Å². The van der Waals surface area contributed by atoms with Crippen LogP contribution in [-0.2, 0) is 0 Å². The lowest BCUT2D eigenvalue weighted by Gasteiger charge is -2.07. The van der Waals surface area contributed by atoms with Gasteiger partial charge in [0, 0.05) is 22.0 Å². The lowest BCUT2D eigenvalue weighted by Crippen LogP contribution is -1.87. The van der Waals surface area contributed by atoms with Crippen LogP contribution < -0.4 is 4.74 Å². The number of carbonyl (C=O) groups is 1. The van der Waals surface area contributed by atoms with E-state index >= 15 is 0 Å². The third-order valence-corrected chi connectivity index (χ3v) is 4.15. The van der Waals surface area contributed by atoms with Gasteiger partial charge in [0.1, 0.15) is 0 Å². The Morgan fingerprint density at radius 2 is 2.05 bits per heavy atom. The molecule has 0 fully saturated rings. The first-order chi connectivity index (χ1) is 10.2. The van der Waals surface area contributed by atoms with E-state index in [2.05, 4.69) is 0 Å². The maximum absolute atomic E-state index is 11.2. The number of nitrogens with zero attached hydrogens (tertiary/aromatic N) is 1. The van der Waals surface area contributed by atoms with Gasteiger partial charge >= 0.3 is 0 Å². The summed E-state index contributed by atoms with van der Waals surface area (Å²) in [4.78, 5) is 12.1. The standard InChI is InChI=1S/C16H13NO3S/c1-20-16-8-12(6-7-15(16)19)21-17-9-11(10-18)13-4-2-3-5-14(13)17/h2-10,19H,1H3. The van der Waals surface area contributed by atoms with E-state index in [0.29, 0.717) is 11.3 Å². The number of carbonyl (C=O) groups excluding carboxylic acids is 1. The van der Waals surface area contributed by atoms with Gasteiger partial charge in [-0.05, 0) is 36.2 Å². The zero-order chi connectivity index (χ0) is 14.8. The fraction of sp³-hybridized carbons (Fsp3) is 0.0625. The molecule has 0 atom stereocenters. The Morgan fingerprint density at radius 3 is 2.81 bits per heavy atom. The van der Waals surface area contributed by atoms with E-state index in [1.165, 1.54) is 19.1 Å². The van der Waals surface area contributed by atoms with Gasteiger partial charge < -0.3 is 9.84 Å². The number of hydrogen-bond donors (Lipinski definition) is 1. The van der Waals surface area contributed by atoms with Gasteiger partial charge in [-0.2, -0.15) is 0 Å². The summed E-state index contributed by atoms with van der Waals surface area (Å²) in [5.41, 5.74) is 1.63. The molecule has 3 aromatic rings. The summed E-state index contributed by atoms with van der Waals surface area (Å²) in [5, 5.41) is 10.5. The van der Waals surface area contributed by atoms with Crippen LogP contribution in [0.15, 0.2) is 53.6 Å². The van der Waals surface area contributed by atoms with Crippen LogP contribution in [0.5, 0.6) is 11.5 Å². The van der Waals surface area contributed by atoms with Crippen LogP contribution in [0.2, 0.25) is 0 Å². The molecule has 1 aromatic heterocycles. The molecule has 0 aliphatic carbocycles. The Labute approximate surface area is 126 Å². The monoisotopic (exact) mass is 299 g/mol. The van der Waals surface area contributed by atoms with Crippen molar-refractivity contribution in [2.24, 2.45) is 0 Å². The number of phenolic OH excluding ortho intramolecular Hbond substituents is 1. The van der Waals surface area contributed by atoms with Crippen molar-refractivity contribution in [1.82, 2.24) is 3.97 Å². The second-order valence-corrected chi connectivity index (χ2v) is 5.52. The summed E-state index contributed by atoms with van der Waals surface area (Å²) >= 11 is 1.46. The predicted molar refractivity (Wildman–Crippen MR) is 83.2 cm³/mol. The minimum atomic E-state index is 0.104. The number of aromatic hydroxyl groups is 1. The number of methoxy groups -OCH3 is 1. The second-order valence-electron chi connectivity index (χ2n) is 4.47. The quantitative estimate of drug-likeness (QED) is 0.746. The smallest absolute Gasteiger partial charge is 0.161 e. The van der Waals surface area contributed by atoms with Gasteiger partial charge in [-0.15, -0.1) is 0 Å². The van der Waals surface area contributed by atoms with Gasteiger partial charge in [0.05, 0.1) is 12.6 Å². The molecule has 4 nitrogen and oxygen atoms in total. The zero-order valence-corrected chi connectivity index (χ0v) is 12.1. The summed E-state index contributed by atoms with van der Waals surface area (Å²) < 4.78 is 7.04.